The number of benzene rings is 4. The maximum absolute atomic E-state index is 12.8. The Kier molecular flexibility index (Phi) is 8.69. The number of hydrogen-bond donors (Lipinski definition) is 1. The first kappa shape index (κ1) is 29.0. The highest BCUT2D eigenvalue weighted by atomic mass is 32.2. The highest BCUT2D eigenvalue weighted by Gasteiger charge is 2.19. The summed E-state index contributed by atoms with van der Waals surface area (Å²) < 4.78 is 2.01. The summed E-state index contributed by atoms with van der Waals surface area (Å²) in [6.07, 6.45) is 0. The number of hydrogen-bond acceptors (Lipinski definition) is 5. The fourth-order valence-electron chi connectivity index (χ4n) is 4.50. The molecule has 0 saturated carbocycles. The van der Waals surface area contributed by atoms with Gasteiger partial charge in [0.05, 0.1) is 11.5 Å². The van der Waals surface area contributed by atoms with E-state index in [1.807, 2.05) is 54.0 Å². The van der Waals surface area contributed by atoms with Crippen LogP contribution in [0.5, 0.6) is 0 Å². The van der Waals surface area contributed by atoms with Crippen molar-refractivity contribution in [2.45, 2.75) is 45.2 Å². The number of amides is 1. The van der Waals surface area contributed by atoms with Crippen molar-refractivity contribution in [3.63, 3.8) is 0 Å². The lowest BCUT2D eigenvalue weighted by molar-refractivity contribution is -0.118. The predicted molar refractivity (Wildman–Crippen MR) is 173 cm³/mol. The molecule has 6 nitrogen and oxygen atoms in total. The molecule has 1 amide bonds. The summed E-state index contributed by atoms with van der Waals surface area (Å²) in [5.41, 5.74) is 11.1. The Hall–Kier alpha value is -4.49. The molecule has 0 radical (unpaired) electrons. The molecule has 0 aliphatic rings. The van der Waals surface area contributed by atoms with Gasteiger partial charge in [-0.1, -0.05) is 129 Å². The van der Waals surface area contributed by atoms with Gasteiger partial charge in [-0.05, 0) is 53.6 Å². The molecule has 0 saturated heterocycles. The predicted octanol–water partition coefficient (Wildman–Crippen LogP) is 7.84. The maximum atomic E-state index is 12.8. The van der Waals surface area contributed by atoms with Crippen molar-refractivity contribution < 1.29 is 4.79 Å². The van der Waals surface area contributed by atoms with Gasteiger partial charge in [0.1, 0.15) is 0 Å². The zero-order valence-corrected chi connectivity index (χ0v) is 25.4. The molecular formula is C35H35N5OS. The van der Waals surface area contributed by atoms with Gasteiger partial charge in [0.25, 0.3) is 5.91 Å². The molecule has 42 heavy (non-hydrogen) atoms. The van der Waals surface area contributed by atoms with Gasteiger partial charge in [0.2, 0.25) is 0 Å². The van der Waals surface area contributed by atoms with E-state index in [9.17, 15) is 4.79 Å². The lowest BCUT2D eigenvalue weighted by Gasteiger charge is -2.19. The molecule has 0 atom stereocenters. The number of hydrazone groups is 1. The molecule has 1 aromatic heterocycles. The van der Waals surface area contributed by atoms with Gasteiger partial charge < -0.3 is 0 Å². The van der Waals surface area contributed by atoms with Gasteiger partial charge >= 0.3 is 0 Å². The van der Waals surface area contributed by atoms with Crippen LogP contribution in [-0.2, 0) is 10.2 Å². The van der Waals surface area contributed by atoms with Gasteiger partial charge in [-0.3, -0.25) is 9.36 Å². The second kappa shape index (κ2) is 12.6. The van der Waals surface area contributed by atoms with E-state index in [2.05, 4.69) is 109 Å². The standard InChI is InChI=1S/C35H35N5OS/c1-24-11-21-31(22-12-24)40-33(29-17-19-30(20-18-29)35(3,4)5)38-39-34(40)42-23-32(41)37-36-25(2)26-13-15-28(16-14-26)27-9-7-6-8-10-27/h6-22H,23H2,1-5H3,(H,37,41). The number of carbonyl (C=O) groups is 1. The van der Waals surface area contributed by atoms with Crippen molar-refractivity contribution in [3.8, 4) is 28.2 Å². The van der Waals surface area contributed by atoms with Crippen molar-refractivity contribution >= 4 is 23.4 Å². The Morgan fingerprint density at radius 3 is 2.07 bits per heavy atom. The van der Waals surface area contributed by atoms with Crippen LogP contribution in [-0.4, -0.2) is 32.1 Å². The van der Waals surface area contributed by atoms with E-state index in [4.69, 9.17) is 0 Å². The van der Waals surface area contributed by atoms with E-state index < -0.39 is 0 Å². The number of rotatable bonds is 8. The van der Waals surface area contributed by atoms with E-state index in [1.54, 1.807) is 0 Å². The van der Waals surface area contributed by atoms with Gasteiger partial charge in [-0.25, -0.2) is 5.43 Å². The molecule has 212 valence electrons. The average Bonchev–Trinajstić information content (AvgIpc) is 3.43. The average molecular weight is 574 g/mol. The van der Waals surface area contributed by atoms with Crippen LogP contribution in [0.15, 0.2) is 113 Å². The lowest BCUT2D eigenvalue weighted by Crippen LogP contribution is -2.21. The van der Waals surface area contributed by atoms with E-state index in [0.29, 0.717) is 5.16 Å². The molecule has 5 aromatic rings. The van der Waals surface area contributed by atoms with Crippen LogP contribution in [0.2, 0.25) is 0 Å². The number of thioether (sulfide) groups is 1. The van der Waals surface area contributed by atoms with Crippen molar-refractivity contribution in [1.29, 1.82) is 0 Å². The number of nitrogens with one attached hydrogen (secondary N) is 1. The first-order valence-electron chi connectivity index (χ1n) is 13.9. The summed E-state index contributed by atoms with van der Waals surface area (Å²) in [7, 11) is 0. The summed E-state index contributed by atoms with van der Waals surface area (Å²) >= 11 is 1.33. The largest absolute Gasteiger partial charge is 0.272 e. The number of aromatic nitrogens is 3. The van der Waals surface area contributed by atoms with Crippen LogP contribution < -0.4 is 5.43 Å². The molecule has 0 unspecified atom stereocenters. The molecule has 0 bridgehead atoms. The van der Waals surface area contributed by atoms with E-state index in [0.717, 1.165) is 39.5 Å². The van der Waals surface area contributed by atoms with Crippen LogP contribution in [0.3, 0.4) is 0 Å². The molecule has 0 fully saturated rings. The monoisotopic (exact) mass is 573 g/mol. The Labute approximate surface area is 251 Å². The Morgan fingerprint density at radius 2 is 1.43 bits per heavy atom. The normalized spacial score (nSPS) is 11.9. The number of carbonyl (C=O) groups excluding carboxylic acids is 1. The van der Waals surface area contributed by atoms with Crippen LogP contribution in [0.1, 0.15) is 44.4 Å². The third kappa shape index (κ3) is 6.86. The Bertz CT molecular complexity index is 1680. The smallest absolute Gasteiger partial charge is 0.250 e. The second-order valence-electron chi connectivity index (χ2n) is 11.3. The van der Waals surface area contributed by atoms with Crippen LogP contribution in [0, 0.1) is 6.92 Å². The summed E-state index contributed by atoms with van der Waals surface area (Å²) in [6.45, 7) is 10.5. The molecule has 0 aliphatic heterocycles. The molecule has 4 aromatic carbocycles. The lowest BCUT2D eigenvalue weighted by atomic mass is 9.87. The molecule has 7 heteroatoms. The highest BCUT2D eigenvalue weighted by Crippen LogP contribution is 2.30. The van der Waals surface area contributed by atoms with Crippen molar-refractivity contribution in [2.75, 3.05) is 5.75 Å². The fourth-order valence-corrected chi connectivity index (χ4v) is 5.25. The van der Waals surface area contributed by atoms with Crippen LogP contribution in [0.4, 0.5) is 0 Å². The second-order valence-corrected chi connectivity index (χ2v) is 12.2. The molecule has 5 rings (SSSR count). The highest BCUT2D eigenvalue weighted by molar-refractivity contribution is 7.99. The zero-order chi connectivity index (χ0) is 29.7. The molecule has 0 spiro atoms. The minimum Gasteiger partial charge on any atom is -0.272 e. The van der Waals surface area contributed by atoms with Crippen LogP contribution in [0.25, 0.3) is 28.2 Å². The maximum Gasteiger partial charge on any atom is 0.250 e. The fraction of sp³-hybridized carbons (Fsp3) is 0.200. The molecule has 0 aliphatic carbocycles. The van der Waals surface area contributed by atoms with E-state index in [-0.39, 0.29) is 17.1 Å². The topological polar surface area (TPSA) is 72.2 Å². The van der Waals surface area contributed by atoms with Crippen molar-refractivity contribution in [3.05, 3.63) is 120 Å². The van der Waals surface area contributed by atoms with Gasteiger partial charge in [0, 0.05) is 11.3 Å². The zero-order valence-electron chi connectivity index (χ0n) is 24.6. The van der Waals surface area contributed by atoms with Gasteiger partial charge in [-0.2, -0.15) is 5.10 Å². The molecule has 1 heterocycles. The first-order chi connectivity index (χ1) is 20.2. The molecular weight excluding hydrogens is 538 g/mol. The van der Waals surface area contributed by atoms with Crippen molar-refractivity contribution in [1.82, 2.24) is 20.2 Å². The number of nitrogens with zero attached hydrogens (tertiary/aromatic N) is 4. The minimum atomic E-state index is -0.213. The number of aryl methyl sites for hydroxylation is 1. The van der Waals surface area contributed by atoms with Gasteiger partial charge in [0.15, 0.2) is 11.0 Å². The summed E-state index contributed by atoms with van der Waals surface area (Å²) in [5.74, 6) is 0.668. The molecule has 1 N–H and O–H groups in total. The van der Waals surface area contributed by atoms with E-state index >= 15 is 0 Å². The quantitative estimate of drug-likeness (QED) is 0.117. The third-order valence-electron chi connectivity index (χ3n) is 7.03. The first-order valence-corrected chi connectivity index (χ1v) is 14.9. The summed E-state index contributed by atoms with van der Waals surface area (Å²) in [5, 5.41) is 14.0. The van der Waals surface area contributed by atoms with Crippen molar-refractivity contribution in [2.24, 2.45) is 5.10 Å². The van der Waals surface area contributed by atoms with E-state index in [1.165, 1.54) is 22.9 Å². The summed E-state index contributed by atoms with van der Waals surface area (Å²) in [6, 6.07) is 35.0. The van der Waals surface area contributed by atoms with Gasteiger partial charge in [-0.15, -0.1) is 10.2 Å². The Morgan fingerprint density at radius 1 is 0.810 bits per heavy atom. The minimum absolute atomic E-state index is 0.0595. The third-order valence-corrected chi connectivity index (χ3v) is 7.95. The summed E-state index contributed by atoms with van der Waals surface area (Å²) in [4.78, 5) is 12.8. The SMILES string of the molecule is CC(=NNC(=O)CSc1nnc(-c2ccc(C(C)(C)C)cc2)n1-c1ccc(C)cc1)c1ccc(-c2ccccc2)cc1. The van der Waals surface area contributed by atoms with Crippen LogP contribution >= 0.6 is 11.8 Å². The Balaban J connectivity index is 1.30.